The lowest BCUT2D eigenvalue weighted by Gasteiger charge is -2.02. The average Bonchev–Trinajstić information content (AvgIpc) is 2.03. The van der Waals surface area contributed by atoms with Crippen LogP contribution in [0.25, 0.3) is 10.4 Å². The molecule has 0 amide bonds. The van der Waals surface area contributed by atoms with Crippen LogP contribution in [0, 0.1) is 0 Å². The molecule has 0 fully saturated rings. The van der Waals surface area contributed by atoms with Crippen molar-refractivity contribution in [1.82, 2.24) is 0 Å². The van der Waals surface area contributed by atoms with Crippen LogP contribution >= 0.6 is 0 Å². The Morgan fingerprint density at radius 1 is 1.75 bits per heavy atom. The van der Waals surface area contributed by atoms with Gasteiger partial charge < -0.3 is 9.84 Å². The standard InChI is InChI=1S/C5H7N3O4/c1-12-4(9)2-3(5(10)11)7-8-6/h3H,2H2,1H3,(H,10,11)/t3-/m0/s1. The molecule has 0 rings (SSSR count). The maximum absolute atomic E-state index is 10.5. The smallest absolute Gasteiger partial charge is 0.313 e. The molecule has 0 aliphatic carbocycles. The monoisotopic (exact) mass is 173 g/mol. The lowest BCUT2D eigenvalue weighted by Crippen LogP contribution is -2.21. The van der Waals surface area contributed by atoms with Crippen molar-refractivity contribution in [1.29, 1.82) is 0 Å². The summed E-state index contributed by atoms with van der Waals surface area (Å²) in [6, 6.07) is -1.39. The average molecular weight is 173 g/mol. The van der Waals surface area contributed by atoms with E-state index in [9.17, 15) is 9.59 Å². The van der Waals surface area contributed by atoms with Crippen molar-refractivity contribution < 1.29 is 19.4 Å². The van der Waals surface area contributed by atoms with Crippen LogP contribution in [-0.2, 0) is 14.3 Å². The Hall–Kier alpha value is -1.75. The first-order chi connectivity index (χ1) is 5.61. The van der Waals surface area contributed by atoms with Gasteiger partial charge in [-0.05, 0) is 5.53 Å². The first-order valence-corrected chi connectivity index (χ1v) is 2.95. The van der Waals surface area contributed by atoms with Crippen LogP contribution in [0.4, 0.5) is 0 Å². The third kappa shape index (κ3) is 3.43. The van der Waals surface area contributed by atoms with Crippen LogP contribution in [0.5, 0.6) is 0 Å². The topological polar surface area (TPSA) is 112 Å². The maximum atomic E-state index is 10.5. The minimum Gasteiger partial charge on any atom is -0.481 e. The minimum absolute atomic E-state index is 0.449. The Labute approximate surface area is 67.6 Å². The number of aliphatic carboxylic acids is 1. The molecule has 1 N–H and O–H groups in total. The van der Waals surface area contributed by atoms with Gasteiger partial charge >= 0.3 is 11.9 Å². The fourth-order valence-electron chi connectivity index (χ4n) is 0.481. The van der Waals surface area contributed by atoms with Gasteiger partial charge in [-0.15, -0.1) is 0 Å². The van der Waals surface area contributed by atoms with Gasteiger partial charge in [0, 0.05) is 4.91 Å². The second-order valence-electron chi connectivity index (χ2n) is 1.84. The van der Waals surface area contributed by atoms with Gasteiger partial charge in [0.15, 0.2) is 0 Å². The molecule has 1 atom stereocenters. The van der Waals surface area contributed by atoms with Crippen LogP contribution in [-0.4, -0.2) is 30.2 Å². The van der Waals surface area contributed by atoms with Crippen LogP contribution in [0.15, 0.2) is 5.11 Å². The number of nitrogens with zero attached hydrogens (tertiary/aromatic N) is 3. The molecule has 7 nitrogen and oxygen atoms in total. The highest BCUT2D eigenvalue weighted by atomic mass is 16.5. The number of carboxylic acid groups (broad SMARTS) is 1. The van der Waals surface area contributed by atoms with E-state index in [1.165, 1.54) is 0 Å². The molecule has 66 valence electrons. The highest BCUT2D eigenvalue weighted by Gasteiger charge is 2.19. The Balaban J connectivity index is 4.23. The van der Waals surface area contributed by atoms with Gasteiger partial charge in [0.2, 0.25) is 0 Å². The summed E-state index contributed by atoms with van der Waals surface area (Å²) in [4.78, 5) is 23.1. The van der Waals surface area contributed by atoms with E-state index in [-0.39, 0.29) is 0 Å². The molecular weight excluding hydrogens is 166 g/mol. The number of carbonyl (C=O) groups excluding carboxylic acids is 1. The van der Waals surface area contributed by atoms with Gasteiger partial charge in [-0.3, -0.25) is 9.59 Å². The molecule has 0 aliphatic rings. The summed E-state index contributed by atoms with van der Waals surface area (Å²) in [5.74, 6) is -2.08. The van der Waals surface area contributed by atoms with Crippen molar-refractivity contribution >= 4 is 11.9 Å². The quantitative estimate of drug-likeness (QED) is 0.285. The largest absolute Gasteiger partial charge is 0.481 e. The molecule has 0 aromatic carbocycles. The van der Waals surface area contributed by atoms with Gasteiger partial charge in [-0.25, -0.2) is 0 Å². The first-order valence-electron chi connectivity index (χ1n) is 2.95. The summed E-state index contributed by atoms with van der Waals surface area (Å²) in [5, 5.41) is 11.3. The minimum atomic E-state index is -1.39. The Kier molecular flexibility index (Phi) is 4.25. The molecule has 0 saturated carbocycles. The van der Waals surface area contributed by atoms with E-state index in [0.717, 1.165) is 7.11 Å². The maximum Gasteiger partial charge on any atom is 0.313 e. The number of rotatable bonds is 4. The molecular formula is C5H7N3O4. The number of ether oxygens (including phenoxy) is 1. The number of esters is 1. The number of hydrogen-bond donors (Lipinski definition) is 1. The van der Waals surface area contributed by atoms with Crippen molar-refractivity contribution in [3.8, 4) is 0 Å². The van der Waals surface area contributed by atoms with Crippen molar-refractivity contribution in [2.75, 3.05) is 7.11 Å². The summed E-state index contributed by atoms with van der Waals surface area (Å²) in [5.41, 5.74) is 7.91. The molecule has 0 aromatic heterocycles. The van der Waals surface area contributed by atoms with Crippen molar-refractivity contribution in [2.24, 2.45) is 5.11 Å². The van der Waals surface area contributed by atoms with Crippen molar-refractivity contribution in [2.45, 2.75) is 12.5 Å². The molecule has 0 bridgehead atoms. The number of azide groups is 1. The predicted molar refractivity (Wildman–Crippen MR) is 37.2 cm³/mol. The summed E-state index contributed by atoms with van der Waals surface area (Å²) in [6.07, 6.45) is -0.449. The lowest BCUT2D eigenvalue weighted by atomic mass is 10.2. The molecule has 0 saturated heterocycles. The molecule has 12 heavy (non-hydrogen) atoms. The van der Waals surface area contributed by atoms with Crippen LogP contribution in [0.1, 0.15) is 6.42 Å². The van der Waals surface area contributed by atoms with Crippen LogP contribution in [0.2, 0.25) is 0 Å². The molecule has 0 radical (unpaired) electrons. The van der Waals surface area contributed by atoms with E-state index in [4.69, 9.17) is 10.6 Å². The Bertz CT molecular complexity index is 231. The van der Waals surface area contributed by atoms with Gasteiger partial charge in [0.25, 0.3) is 0 Å². The number of methoxy groups -OCH3 is 1. The van der Waals surface area contributed by atoms with Gasteiger partial charge in [0.1, 0.15) is 6.04 Å². The van der Waals surface area contributed by atoms with Crippen LogP contribution < -0.4 is 0 Å². The van der Waals surface area contributed by atoms with E-state index < -0.39 is 24.4 Å². The van der Waals surface area contributed by atoms with E-state index in [2.05, 4.69) is 14.8 Å². The van der Waals surface area contributed by atoms with E-state index in [1.807, 2.05) is 0 Å². The fraction of sp³-hybridized carbons (Fsp3) is 0.600. The molecule has 0 heterocycles. The summed E-state index contributed by atoms with van der Waals surface area (Å²) < 4.78 is 4.19. The van der Waals surface area contributed by atoms with E-state index in [1.54, 1.807) is 0 Å². The summed E-state index contributed by atoms with van der Waals surface area (Å²) >= 11 is 0. The second-order valence-corrected chi connectivity index (χ2v) is 1.84. The first kappa shape index (κ1) is 10.2. The summed E-state index contributed by atoms with van der Waals surface area (Å²) in [7, 11) is 1.12. The molecule has 0 spiro atoms. The SMILES string of the molecule is COC(=O)C[C@H](N=[N+]=[N-])C(=O)O. The zero-order valence-corrected chi connectivity index (χ0v) is 6.30. The second kappa shape index (κ2) is 4.97. The normalized spacial score (nSPS) is 11.1. The van der Waals surface area contributed by atoms with Crippen molar-refractivity contribution in [3.63, 3.8) is 0 Å². The van der Waals surface area contributed by atoms with E-state index >= 15 is 0 Å². The third-order valence-corrected chi connectivity index (χ3v) is 1.06. The van der Waals surface area contributed by atoms with Crippen LogP contribution in [0.3, 0.4) is 0 Å². The highest BCUT2D eigenvalue weighted by Crippen LogP contribution is 2.00. The summed E-state index contributed by atoms with van der Waals surface area (Å²) in [6.45, 7) is 0. The molecule has 0 unspecified atom stereocenters. The Morgan fingerprint density at radius 2 is 2.33 bits per heavy atom. The highest BCUT2D eigenvalue weighted by molar-refractivity contribution is 5.81. The lowest BCUT2D eigenvalue weighted by molar-refractivity contribution is -0.146. The zero-order valence-electron chi connectivity index (χ0n) is 6.30. The fourth-order valence-corrected chi connectivity index (χ4v) is 0.481. The van der Waals surface area contributed by atoms with Gasteiger partial charge in [0.05, 0.1) is 13.5 Å². The number of carboxylic acids is 1. The Morgan fingerprint density at radius 3 is 2.67 bits per heavy atom. The number of hydrogen-bond acceptors (Lipinski definition) is 4. The van der Waals surface area contributed by atoms with E-state index in [0.29, 0.717) is 0 Å². The molecule has 0 aliphatic heterocycles. The molecule has 0 aromatic rings. The van der Waals surface area contributed by atoms with Gasteiger partial charge in [-0.1, -0.05) is 5.11 Å². The molecule has 7 heteroatoms. The predicted octanol–water partition coefficient (Wildman–Crippen LogP) is 0.313. The zero-order chi connectivity index (χ0) is 9.56. The third-order valence-electron chi connectivity index (χ3n) is 1.06. The number of carbonyl (C=O) groups is 2. The van der Waals surface area contributed by atoms with Gasteiger partial charge in [-0.2, -0.15) is 0 Å². The van der Waals surface area contributed by atoms with Crippen molar-refractivity contribution in [3.05, 3.63) is 10.4 Å².